The Labute approximate surface area is 318 Å². The molecule has 0 saturated carbocycles. The summed E-state index contributed by atoms with van der Waals surface area (Å²) < 4.78 is 1.83. The molecule has 51 heavy (non-hydrogen) atoms. The second-order valence-corrected chi connectivity index (χ2v) is 32.0. The number of benzene rings is 6. The normalized spacial score (nSPS) is 15.3. The van der Waals surface area contributed by atoms with Gasteiger partial charge in [0.05, 0.1) is 0 Å². The van der Waals surface area contributed by atoms with Crippen LogP contribution in [-0.4, -0.2) is 5.92 Å². The van der Waals surface area contributed by atoms with Crippen LogP contribution in [0.25, 0.3) is 49.9 Å². The minimum absolute atomic E-state index is 0.0928. The first-order chi connectivity index (χ1) is 24.3. The predicted molar refractivity (Wildman–Crippen MR) is 222 cm³/mol. The Morgan fingerprint density at radius 1 is 0.686 bits per heavy atom. The molecule has 0 spiro atoms. The standard InChI is InChI=1S/C47H45.C2H7Si.Zr/c1-8-14-31-25-41-37(40-23-29-15-9-10-16-34(29)35-17-11-12-18-36(35)40)19-13-20-38(41)45(31)44-28-33(47(5,6)7)27-43-39-26-32(46(2,3)4)22-21-30(39)24-42(43)44;1-3-2;/h9-13,15-23,25-27,45H,8,14,24H2,1-7H3;3H,1-2H3;. The molecule has 0 aliphatic heterocycles. The number of fused-ring (bicyclic) bond motifs is 7. The van der Waals surface area contributed by atoms with Crippen molar-refractivity contribution >= 4 is 36.8 Å². The molecule has 0 fully saturated rings. The molecule has 0 aromatic heterocycles. The Kier molecular flexibility index (Phi) is 8.83. The van der Waals surface area contributed by atoms with Crippen LogP contribution < -0.4 is 3.27 Å². The van der Waals surface area contributed by atoms with Crippen LogP contribution in [-0.2, 0) is 39.6 Å². The van der Waals surface area contributed by atoms with Crippen LogP contribution in [0.4, 0.5) is 0 Å². The van der Waals surface area contributed by atoms with Gasteiger partial charge in [0.2, 0.25) is 0 Å². The summed E-state index contributed by atoms with van der Waals surface area (Å²) >= 11 is -0.790. The number of hydrogen-bond acceptors (Lipinski definition) is 0. The fraction of sp³-hybridized carbons (Fsp3) is 0.306. The van der Waals surface area contributed by atoms with Crippen LogP contribution in [0.1, 0.15) is 106 Å². The predicted octanol–water partition coefficient (Wildman–Crippen LogP) is 12.8. The summed E-state index contributed by atoms with van der Waals surface area (Å²) in [6, 6.07) is 37.8. The summed E-state index contributed by atoms with van der Waals surface area (Å²) in [7, 11) is 0. The Balaban J connectivity index is 1.42. The van der Waals surface area contributed by atoms with Gasteiger partial charge in [0, 0.05) is 0 Å². The molecular weight excluding hydrogens is 708 g/mol. The van der Waals surface area contributed by atoms with Crippen LogP contribution in [0.5, 0.6) is 0 Å². The maximum atomic E-state index is 2.68. The van der Waals surface area contributed by atoms with Gasteiger partial charge in [-0.1, -0.05) is 0 Å². The molecule has 0 heterocycles. The monoisotopic (exact) mass is 758 g/mol. The van der Waals surface area contributed by atoms with Crippen molar-refractivity contribution in [3.8, 4) is 22.3 Å². The molecule has 6 aromatic carbocycles. The van der Waals surface area contributed by atoms with Crippen LogP contribution in [0, 0.1) is 0 Å². The summed E-state index contributed by atoms with van der Waals surface area (Å²) in [6.45, 7) is 22.1. The van der Waals surface area contributed by atoms with Gasteiger partial charge in [-0.15, -0.1) is 0 Å². The van der Waals surface area contributed by atoms with Gasteiger partial charge < -0.3 is 0 Å². The van der Waals surface area contributed by atoms with E-state index in [2.05, 4.69) is 165 Å². The van der Waals surface area contributed by atoms with Gasteiger partial charge in [0.15, 0.2) is 0 Å². The van der Waals surface area contributed by atoms with Crippen molar-refractivity contribution in [3.05, 3.63) is 142 Å². The van der Waals surface area contributed by atoms with Gasteiger partial charge in [-0.2, -0.15) is 0 Å². The zero-order chi connectivity index (χ0) is 35.8. The van der Waals surface area contributed by atoms with Crippen LogP contribution in [0.2, 0.25) is 13.1 Å². The zero-order valence-corrected chi connectivity index (χ0v) is 35.7. The van der Waals surface area contributed by atoms with E-state index in [4.69, 9.17) is 0 Å². The van der Waals surface area contributed by atoms with Crippen molar-refractivity contribution in [2.24, 2.45) is 0 Å². The summed E-state index contributed by atoms with van der Waals surface area (Å²) in [5.41, 5.74) is 18.5. The van der Waals surface area contributed by atoms with Gasteiger partial charge in [0.1, 0.15) is 0 Å². The average Bonchev–Trinajstić information content (AvgIpc) is 3.64. The third kappa shape index (κ3) is 5.99. The molecule has 0 radical (unpaired) electrons. The Bertz CT molecular complexity index is 2380. The van der Waals surface area contributed by atoms with E-state index in [1.165, 1.54) is 66.1 Å². The van der Waals surface area contributed by atoms with E-state index in [9.17, 15) is 0 Å². The second kappa shape index (κ2) is 13.0. The van der Waals surface area contributed by atoms with Crippen molar-refractivity contribution in [1.82, 2.24) is 0 Å². The van der Waals surface area contributed by atoms with Crippen molar-refractivity contribution in [2.45, 2.75) is 97.6 Å². The van der Waals surface area contributed by atoms with Crippen LogP contribution in [0.15, 0.2) is 103 Å². The van der Waals surface area contributed by atoms with Gasteiger partial charge in [-0.05, 0) is 0 Å². The third-order valence-electron chi connectivity index (χ3n) is 11.4. The van der Waals surface area contributed by atoms with E-state index >= 15 is 0 Å². The first-order valence-electron chi connectivity index (χ1n) is 19.2. The molecule has 0 bridgehead atoms. The molecule has 0 amide bonds. The van der Waals surface area contributed by atoms with Crippen LogP contribution in [0.3, 0.4) is 0 Å². The minimum atomic E-state index is -0.790. The molecule has 2 aliphatic rings. The Morgan fingerprint density at radius 2 is 1.41 bits per heavy atom. The van der Waals surface area contributed by atoms with Gasteiger partial charge in [-0.3, -0.25) is 0 Å². The van der Waals surface area contributed by atoms with E-state index in [1.807, 2.05) is 3.27 Å². The zero-order valence-electron chi connectivity index (χ0n) is 32.1. The summed E-state index contributed by atoms with van der Waals surface area (Å²) in [6.07, 6.45) is 5.99. The molecular formula is C49H52SiZr. The number of allylic oxidation sites excluding steroid dienone is 1. The van der Waals surface area contributed by atoms with E-state index in [0.717, 1.165) is 19.3 Å². The third-order valence-corrected chi connectivity index (χ3v) is 20.0. The van der Waals surface area contributed by atoms with E-state index in [0.29, 0.717) is 5.92 Å². The molecule has 1 atom stereocenters. The van der Waals surface area contributed by atoms with Crippen molar-refractivity contribution < 1.29 is 22.4 Å². The number of rotatable bonds is 6. The Morgan fingerprint density at radius 3 is 2.12 bits per heavy atom. The topological polar surface area (TPSA) is 0 Å². The van der Waals surface area contributed by atoms with Crippen LogP contribution >= 0.6 is 0 Å². The number of hydrogen-bond donors (Lipinski definition) is 0. The van der Waals surface area contributed by atoms with E-state index < -0.39 is 28.3 Å². The summed E-state index contributed by atoms with van der Waals surface area (Å²) in [5.74, 6) is -0.463. The fourth-order valence-electron chi connectivity index (χ4n) is 8.99. The van der Waals surface area contributed by atoms with Crippen molar-refractivity contribution in [2.75, 3.05) is 0 Å². The van der Waals surface area contributed by atoms with E-state index in [-0.39, 0.29) is 10.8 Å². The molecule has 0 N–H and O–H groups in total. The summed E-state index contributed by atoms with van der Waals surface area (Å²) in [5, 5.41) is 5.34. The molecule has 6 aromatic rings. The first kappa shape index (κ1) is 34.7. The molecule has 256 valence electrons. The van der Waals surface area contributed by atoms with E-state index in [1.54, 1.807) is 22.3 Å². The summed E-state index contributed by atoms with van der Waals surface area (Å²) in [4.78, 5) is 0. The SMILES string of the molecule is CCCC1=Cc2c(-c3cc4ccccc4c4ccccc34)cccc2C1c1c2c(cc(C(C)(C)C)[c]1[Zr][SiH](C)C)-c1cc(C(C)(C)C)ccc1C2. The fourth-order valence-corrected chi connectivity index (χ4v) is 18.3. The molecule has 1 unspecified atom stereocenters. The molecule has 2 aliphatic carbocycles. The van der Waals surface area contributed by atoms with Gasteiger partial charge in [-0.25, -0.2) is 0 Å². The average molecular weight is 760 g/mol. The molecule has 0 saturated heterocycles. The van der Waals surface area contributed by atoms with Gasteiger partial charge in [0.25, 0.3) is 0 Å². The van der Waals surface area contributed by atoms with Gasteiger partial charge >= 0.3 is 321 Å². The quantitative estimate of drug-likeness (QED) is 0.117. The van der Waals surface area contributed by atoms with Crippen molar-refractivity contribution in [1.29, 1.82) is 0 Å². The molecule has 8 rings (SSSR count). The molecule has 2 heteroatoms. The molecule has 0 nitrogen and oxygen atoms in total. The Hall–Kier alpha value is -3.32. The second-order valence-electron chi connectivity index (χ2n) is 17.5. The maximum absolute atomic E-state index is 2.68. The first-order valence-corrected chi connectivity index (χ1v) is 27.6. The van der Waals surface area contributed by atoms with Crippen molar-refractivity contribution in [3.63, 3.8) is 0 Å².